The van der Waals surface area contributed by atoms with Gasteiger partial charge in [-0.05, 0) is 36.0 Å². The smallest absolute Gasteiger partial charge is 0.335 e. The van der Waals surface area contributed by atoms with Gasteiger partial charge in [0.2, 0.25) is 0 Å². The minimum absolute atomic E-state index is 0.380. The van der Waals surface area contributed by atoms with Crippen molar-refractivity contribution < 1.29 is 9.90 Å². The Labute approximate surface area is 108 Å². The second kappa shape index (κ2) is 5.11. The van der Waals surface area contributed by atoms with Crippen LogP contribution in [0.15, 0.2) is 24.3 Å². The Balaban J connectivity index is 1.96. The Kier molecular flexibility index (Phi) is 3.71. The lowest BCUT2D eigenvalue weighted by molar-refractivity contribution is -0.0120. The minimum atomic E-state index is -0.850. The average molecular weight is 247 g/mol. The lowest BCUT2D eigenvalue weighted by Crippen LogP contribution is -2.54. The van der Waals surface area contributed by atoms with Crippen molar-refractivity contribution in [2.24, 2.45) is 5.41 Å². The first kappa shape index (κ1) is 13.1. The molecule has 1 aliphatic rings. The minimum Gasteiger partial charge on any atom is -0.478 e. The van der Waals surface area contributed by atoms with Gasteiger partial charge in [-0.1, -0.05) is 26.0 Å². The lowest BCUT2D eigenvalue weighted by Gasteiger charge is -2.50. The highest BCUT2D eigenvalue weighted by atomic mass is 16.4. The highest BCUT2D eigenvalue weighted by molar-refractivity contribution is 5.87. The molecule has 0 atom stereocenters. The van der Waals surface area contributed by atoms with E-state index in [1.807, 2.05) is 12.1 Å². The zero-order valence-electron chi connectivity index (χ0n) is 11.1. The maximum absolute atomic E-state index is 10.9. The van der Waals surface area contributed by atoms with Crippen molar-refractivity contribution in [3.8, 4) is 0 Å². The topological polar surface area (TPSA) is 40.5 Å². The summed E-state index contributed by atoms with van der Waals surface area (Å²) in [6.07, 6.45) is 2.46. The molecule has 1 aliphatic heterocycles. The van der Waals surface area contributed by atoms with Gasteiger partial charge in [0.05, 0.1) is 5.56 Å². The van der Waals surface area contributed by atoms with E-state index in [-0.39, 0.29) is 0 Å². The summed E-state index contributed by atoms with van der Waals surface area (Å²) < 4.78 is 0. The van der Waals surface area contributed by atoms with E-state index in [0.717, 1.165) is 25.2 Å². The molecule has 1 heterocycles. The molecule has 0 saturated carbocycles. The predicted molar refractivity (Wildman–Crippen MR) is 71.7 cm³/mol. The van der Waals surface area contributed by atoms with Crippen LogP contribution in [0, 0.1) is 5.41 Å². The van der Waals surface area contributed by atoms with Gasteiger partial charge in [-0.15, -0.1) is 0 Å². The van der Waals surface area contributed by atoms with Gasteiger partial charge in [-0.25, -0.2) is 4.79 Å². The van der Waals surface area contributed by atoms with Crippen LogP contribution in [0.4, 0.5) is 0 Å². The lowest BCUT2D eigenvalue weighted by atomic mass is 9.75. The summed E-state index contributed by atoms with van der Waals surface area (Å²) in [5.41, 5.74) is 1.98. The molecule has 1 aromatic carbocycles. The molecule has 0 bridgehead atoms. The second-order valence-corrected chi connectivity index (χ2v) is 5.36. The van der Waals surface area contributed by atoms with Gasteiger partial charge in [0.1, 0.15) is 0 Å². The van der Waals surface area contributed by atoms with Crippen molar-refractivity contribution >= 4 is 5.97 Å². The van der Waals surface area contributed by atoms with E-state index in [1.165, 1.54) is 12.8 Å². The molecule has 3 nitrogen and oxygen atoms in total. The molecule has 0 aliphatic carbocycles. The summed E-state index contributed by atoms with van der Waals surface area (Å²) in [5, 5.41) is 8.96. The van der Waals surface area contributed by atoms with Gasteiger partial charge in [0, 0.05) is 19.6 Å². The van der Waals surface area contributed by atoms with Crippen molar-refractivity contribution in [1.82, 2.24) is 4.90 Å². The first-order chi connectivity index (χ1) is 8.58. The molecule has 1 fully saturated rings. The van der Waals surface area contributed by atoms with Crippen LogP contribution in [0.1, 0.15) is 42.6 Å². The first-order valence-electron chi connectivity index (χ1n) is 6.63. The molecule has 98 valence electrons. The number of rotatable bonds is 5. The Morgan fingerprint density at radius 1 is 1.33 bits per heavy atom. The molecule has 0 radical (unpaired) electrons. The van der Waals surface area contributed by atoms with Gasteiger partial charge in [0.15, 0.2) is 0 Å². The monoisotopic (exact) mass is 247 g/mol. The molecule has 3 heteroatoms. The van der Waals surface area contributed by atoms with Gasteiger partial charge < -0.3 is 5.11 Å². The molecule has 0 amide bonds. The molecule has 1 aromatic rings. The van der Waals surface area contributed by atoms with E-state index < -0.39 is 5.97 Å². The molecule has 18 heavy (non-hydrogen) atoms. The highest BCUT2D eigenvalue weighted by Crippen LogP contribution is 2.37. The molecule has 1 saturated heterocycles. The zero-order valence-corrected chi connectivity index (χ0v) is 11.1. The summed E-state index contributed by atoms with van der Waals surface area (Å²) in [4.78, 5) is 13.3. The number of carboxylic acids is 1. The van der Waals surface area contributed by atoms with Crippen molar-refractivity contribution in [3.63, 3.8) is 0 Å². The fourth-order valence-corrected chi connectivity index (χ4v) is 2.77. The standard InChI is InChI=1S/C15H21NO2/c1-3-15(4-2)10-16(11-15)9-12-6-5-7-13(8-12)14(17)18/h5-8H,3-4,9-11H2,1-2H3,(H,17,18). The Hall–Kier alpha value is -1.35. The summed E-state index contributed by atoms with van der Waals surface area (Å²) >= 11 is 0. The van der Waals surface area contributed by atoms with E-state index in [0.29, 0.717) is 11.0 Å². The highest BCUT2D eigenvalue weighted by Gasteiger charge is 2.39. The number of hydrogen-bond acceptors (Lipinski definition) is 2. The predicted octanol–water partition coefficient (Wildman–Crippen LogP) is 3.01. The number of carboxylic acid groups (broad SMARTS) is 1. The average Bonchev–Trinajstić information content (AvgIpc) is 2.33. The van der Waals surface area contributed by atoms with Crippen LogP contribution in [-0.2, 0) is 6.54 Å². The summed E-state index contributed by atoms with van der Waals surface area (Å²) in [6, 6.07) is 7.25. The first-order valence-corrected chi connectivity index (χ1v) is 6.63. The molecule has 2 rings (SSSR count). The number of hydrogen-bond donors (Lipinski definition) is 1. The van der Waals surface area contributed by atoms with E-state index in [4.69, 9.17) is 5.11 Å². The van der Waals surface area contributed by atoms with Crippen LogP contribution in [0.2, 0.25) is 0 Å². The van der Waals surface area contributed by atoms with Crippen LogP contribution < -0.4 is 0 Å². The van der Waals surface area contributed by atoms with Gasteiger partial charge >= 0.3 is 5.97 Å². The fraction of sp³-hybridized carbons (Fsp3) is 0.533. The number of aromatic carboxylic acids is 1. The molecule has 0 spiro atoms. The largest absolute Gasteiger partial charge is 0.478 e. The summed E-state index contributed by atoms with van der Waals surface area (Å²) in [6.45, 7) is 7.65. The van der Waals surface area contributed by atoms with Crippen LogP contribution >= 0.6 is 0 Å². The molecule has 0 aromatic heterocycles. The number of carbonyl (C=O) groups is 1. The van der Waals surface area contributed by atoms with E-state index >= 15 is 0 Å². The molecular formula is C15H21NO2. The number of benzene rings is 1. The van der Waals surface area contributed by atoms with Crippen LogP contribution in [-0.4, -0.2) is 29.1 Å². The Morgan fingerprint density at radius 2 is 2.00 bits per heavy atom. The normalized spacial score (nSPS) is 18.3. The van der Waals surface area contributed by atoms with E-state index in [2.05, 4.69) is 18.7 Å². The Bertz CT molecular complexity index is 430. The van der Waals surface area contributed by atoms with Crippen LogP contribution in [0.25, 0.3) is 0 Å². The van der Waals surface area contributed by atoms with Crippen molar-refractivity contribution in [2.45, 2.75) is 33.2 Å². The van der Waals surface area contributed by atoms with Crippen molar-refractivity contribution in [2.75, 3.05) is 13.1 Å². The quantitative estimate of drug-likeness (QED) is 0.869. The van der Waals surface area contributed by atoms with Gasteiger partial charge in [-0.3, -0.25) is 4.90 Å². The van der Waals surface area contributed by atoms with Crippen molar-refractivity contribution in [3.05, 3.63) is 35.4 Å². The number of nitrogens with zero attached hydrogens (tertiary/aromatic N) is 1. The van der Waals surface area contributed by atoms with Gasteiger partial charge in [-0.2, -0.15) is 0 Å². The van der Waals surface area contributed by atoms with Gasteiger partial charge in [0.25, 0.3) is 0 Å². The zero-order chi connectivity index (χ0) is 13.2. The summed E-state index contributed by atoms with van der Waals surface area (Å²) in [5.74, 6) is -0.850. The fourth-order valence-electron chi connectivity index (χ4n) is 2.77. The summed E-state index contributed by atoms with van der Waals surface area (Å²) in [7, 11) is 0. The van der Waals surface area contributed by atoms with E-state index in [9.17, 15) is 4.79 Å². The number of likely N-dealkylation sites (tertiary alicyclic amines) is 1. The maximum Gasteiger partial charge on any atom is 0.335 e. The Morgan fingerprint density at radius 3 is 2.56 bits per heavy atom. The SMILES string of the molecule is CCC1(CC)CN(Cc2cccc(C(=O)O)c2)C1. The molecule has 0 unspecified atom stereocenters. The van der Waals surface area contributed by atoms with Crippen molar-refractivity contribution in [1.29, 1.82) is 0 Å². The molecular weight excluding hydrogens is 226 g/mol. The molecule has 1 N–H and O–H groups in total. The van der Waals surface area contributed by atoms with Crippen LogP contribution in [0.3, 0.4) is 0 Å². The third kappa shape index (κ3) is 2.56. The third-order valence-electron chi connectivity index (χ3n) is 4.20. The van der Waals surface area contributed by atoms with E-state index in [1.54, 1.807) is 12.1 Å². The second-order valence-electron chi connectivity index (χ2n) is 5.36. The third-order valence-corrected chi connectivity index (χ3v) is 4.20. The maximum atomic E-state index is 10.9. The van der Waals surface area contributed by atoms with Crippen LogP contribution in [0.5, 0.6) is 0 Å².